The van der Waals surface area contributed by atoms with Crippen LogP contribution in [0.5, 0.6) is 11.5 Å². The molecule has 2 aromatic carbocycles. The molecule has 1 heterocycles. The number of aryl methyl sites for hydroxylation is 1. The summed E-state index contributed by atoms with van der Waals surface area (Å²) in [6, 6.07) is 8.58. The molecule has 1 aliphatic rings. The second-order valence-corrected chi connectivity index (χ2v) is 8.29. The van der Waals surface area contributed by atoms with Gasteiger partial charge in [0.1, 0.15) is 6.04 Å². The molecule has 1 atom stereocenters. The molecule has 0 saturated carbocycles. The molecule has 3 rings (SSSR count). The molecule has 0 amide bonds. The third kappa shape index (κ3) is 3.50. The van der Waals surface area contributed by atoms with Crippen molar-refractivity contribution in [2.24, 2.45) is 0 Å². The van der Waals surface area contributed by atoms with Gasteiger partial charge in [0.25, 0.3) is 0 Å². The van der Waals surface area contributed by atoms with Crippen LogP contribution in [-0.2, 0) is 27.8 Å². The highest BCUT2D eigenvalue weighted by molar-refractivity contribution is 7.89. The van der Waals surface area contributed by atoms with Crippen LogP contribution in [0, 0.1) is 6.92 Å². The van der Waals surface area contributed by atoms with Crippen molar-refractivity contribution < 1.29 is 27.8 Å². The van der Waals surface area contributed by atoms with E-state index >= 15 is 0 Å². The van der Waals surface area contributed by atoms with Crippen LogP contribution in [0.4, 0.5) is 0 Å². The molecule has 0 aliphatic carbocycles. The first kappa shape index (κ1) is 19.2. The van der Waals surface area contributed by atoms with E-state index in [1.54, 1.807) is 24.3 Å². The normalized spacial score (nSPS) is 17.2. The molecule has 0 radical (unpaired) electrons. The molecule has 1 N–H and O–H groups in total. The SMILES string of the molecule is COc1cc2c(cc1OC)CN(S(=O)(=O)c1ccc(C)cc1)[C@@H](C(=O)O)C2. The fourth-order valence-electron chi connectivity index (χ4n) is 3.20. The van der Waals surface area contributed by atoms with Gasteiger partial charge in [0, 0.05) is 13.0 Å². The number of carbonyl (C=O) groups is 1. The summed E-state index contributed by atoms with van der Waals surface area (Å²) in [6.45, 7) is 1.80. The minimum absolute atomic E-state index is 0.0517. The van der Waals surface area contributed by atoms with Gasteiger partial charge in [-0.3, -0.25) is 4.79 Å². The predicted molar refractivity (Wildman–Crippen MR) is 98.6 cm³/mol. The lowest BCUT2D eigenvalue weighted by Crippen LogP contribution is -2.48. The maximum absolute atomic E-state index is 13.1. The predicted octanol–water partition coefficient (Wildman–Crippen LogP) is 2.21. The molecule has 0 fully saturated rings. The maximum atomic E-state index is 13.1. The van der Waals surface area contributed by atoms with Crippen molar-refractivity contribution in [2.45, 2.75) is 30.8 Å². The second kappa shape index (κ2) is 7.21. The van der Waals surface area contributed by atoms with Gasteiger partial charge in [0.05, 0.1) is 19.1 Å². The maximum Gasteiger partial charge on any atom is 0.322 e. The second-order valence-electron chi connectivity index (χ2n) is 6.40. The molecule has 7 nitrogen and oxygen atoms in total. The van der Waals surface area contributed by atoms with E-state index in [0.717, 1.165) is 15.4 Å². The van der Waals surface area contributed by atoms with E-state index in [0.29, 0.717) is 17.1 Å². The average Bonchev–Trinajstić information content (AvgIpc) is 2.65. The van der Waals surface area contributed by atoms with Crippen LogP contribution in [0.25, 0.3) is 0 Å². The molecule has 0 saturated heterocycles. The molecule has 8 heteroatoms. The Morgan fingerprint density at radius 3 is 2.15 bits per heavy atom. The number of nitrogens with zero attached hydrogens (tertiary/aromatic N) is 1. The highest BCUT2D eigenvalue weighted by Gasteiger charge is 2.40. The zero-order chi connectivity index (χ0) is 19.8. The van der Waals surface area contributed by atoms with Crippen molar-refractivity contribution in [3.63, 3.8) is 0 Å². The first-order valence-electron chi connectivity index (χ1n) is 8.33. The third-order valence-electron chi connectivity index (χ3n) is 4.71. The number of carboxylic acid groups (broad SMARTS) is 1. The van der Waals surface area contributed by atoms with Crippen molar-refractivity contribution in [3.05, 3.63) is 53.1 Å². The number of fused-ring (bicyclic) bond motifs is 1. The highest BCUT2D eigenvalue weighted by Crippen LogP contribution is 2.36. The molecule has 1 aliphatic heterocycles. The number of rotatable bonds is 5. The lowest BCUT2D eigenvalue weighted by atomic mass is 9.95. The van der Waals surface area contributed by atoms with Gasteiger partial charge in [-0.05, 0) is 42.3 Å². The van der Waals surface area contributed by atoms with Gasteiger partial charge in [-0.2, -0.15) is 4.31 Å². The van der Waals surface area contributed by atoms with Crippen LogP contribution in [0.1, 0.15) is 16.7 Å². The van der Waals surface area contributed by atoms with Crippen molar-refractivity contribution in [3.8, 4) is 11.5 Å². The summed E-state index contributed by atoms with van der Waals surface area (Å²) in [5.41, 5.74) is 2.35. The molecule has 2 aromatic rings. The van der Waals surface area contributed by atoms with E-state index < -0.39 is 22.0 Å². The summed E-state index contributed by atoms with van der Waals surface area (Å²) in [6.07, 6.45) is 0.0517. The number of aliphatic carboxylic acids is 1. The van der Waals surface area contributed by atoms with E-state index in [9.17, 15) is 18.3 Å². The summed E-state index contributed by atoms with van der Waals surface area (Å²) in [7, 11) is -0.981. The summed E-state index contributed by atoms with van der Waals surface area (Å²) in [5, 5.41) is 9.65. The molecule has 0 bridgehead atoms. The minimum atomic E-state index is -3.97. The molecular formula is C19H21NO6S. The number of ether oxygens (including phenoxy) is 2. The largest absolute Gasteiger partial charge is 0.493 e. The van der Waals surface area contributed by atoms with Crippen LogP contribution < -0.4 is 9.47 Å². The lowest BCUT2D eigenvalue weighted by molar-refractivity contribution is -0.141. The minimum Gasteiger partial charge on any atom is -0.493 e. The zero-order valence-electron chi connectivity index (χ0n) is 15.3. The van der Waals surface area contributed by atoms with E-state index in [4.69, 9.17) is 9.47 Å². The number of carboxylic acids is 1. The van der Waals surface area contributed by atoms with E-state index in [-0.39, 0.29) is 17.9 Å². The molecule has 0 aromatic heterocycles. The Bertz CT molecular complexity index is 968. The van der Waals surface area contributed by atoms with E-state index in [1.165, 1.54) is 26.4 Å². The van der Waals surface area contributed by atoms with Crippen molar-refractivity contribution in [2.75, 3.05) is 14.2 Å². The van der Waals surface area contributed by atoms with Gasteiger partial charge >= 0.3 is 5.97 Å². The Labute approximate surface area is 158 Å². The number of methoxy groups -OCH3 is 2. The smallest absolute Gasteiger partial charge is 0.322 e. The Kier molecular flexibility index (Phi) is 5.12. The summed E-state index contributed by atoms with van der Waals surface area (Å²) < 4.78 is 37.8. The van der Waals surface area contributed by atoms with Crippen molar-refractivity contribution in [1.82, 2.24) is 4.31 Å². The van der Waals surface area contributed by atoms with Crippen LogP contribution >= 0.6 is 0 Å². The van der Waals surface area contributed by atoms with Crippen LogP contribution in [0.15, 0.2) is 41.3 Å². The quantitative estimate of drug-likeness (QED) is 0.840. The first-order chi connectivity index (χ1) is 12.8. The van der Waals surface area contributed by atoms with Gasteiger partial charge in [0.15, 0.2) is 11.5 Å². The number of hydrogen-bond donors (Lipinski definition) is 1. The summed E-state index contributed by atoms with van der Waals surface area (Å²) >= 11 is 0. The summed E-state index contributed by atoms with van der Waals surface area (Å²) in [5.74, 6) is -0.237. The Morgan fingerprint density at radius 1 is 1.07 bits per heavy atom. The average molecular weight is 391 g/mol. The van der Waals surface area contributed by atoms with Gasteiger partial charge in [-0.15, -0.1) is 0 Å². The number of benzene rings is 2. The highest BCUT2D eigenvalue weighted by atomic mass is 32.2. The Morgan fingerprint density at radius 2 is 1.63 bits per heavy atom. The van der Waals surface area contributed by atoms with E-state index in [2.05, 4.69) is 0 Å². The zero-order valence-corrected chi connectivity index (χ0v) is 16.1. The Balaban J connectivity index is 2.08. The first-order valence-corrected chi connectivity index (χ1v) is 9.77. The monoisotopic (exact) mass is 391 g/mol. The molecular weight excluding hydrogens is 370 g/mol. The van der Waals surface area contributed by atoms with Gasteiger partial charge < -0.3 is 14.6 Å². The standard InChI is InChI=1S/C19H21NO6S/c1-12-4-6-15(7-5-12)27(23,24)20-11-14-10-18(26-3)17(25-2)9-13(14)8-16(20)19(21)22/h4-7,9-10,16H,8,11H2,1-3H3,(H,21,22)/t16-/m1/s1. The Hall–Kier alpha value is -2.58. The van der Waals surface area contributed by atoms with Crippen LogP contribution in [0.2, 0.25) is 0 Å². The third-order valence-corrected chi connectivity index (χ3v) is 6.57. The van der Waals surface area contributed by atoms with Crippen LogP contribution in [0.3, 0.4) is 0 Å². The lowest BCUT2D eigenvalue weighted by Gasteiger charge is -2.34. The van der Waals surface area contributed by atoms with Crippen molar-refractivity contribution in [1.29, 1.82) is 0 Å². The number of sulfonamides is 1. The fraction of sp³-hybridized carbons (Fsp3) is 0.316. The molecule has 144 valence electrons. The molecule has 0 unspecified atom stereocenters. The topological polar surface area (TPSA) is 93.1 Å². The van der Waals surface area contributed by atoms with Crippen molar-refractivity contribution >= 4 is 16.0 Å². The van der Waals surface area contributed by atoms with Gasteiger partial charge in [-0.1, -0.05) is 17.7 Å². The fourth-order valence-corrected chi connectivity index (χ4v) is 4.76. The van der Waals surface area contributed by atoms with E-state index in [1.807, 2.05) is 6.92 Å². The van der Waals surface area contributed by atoms with Crippen LogP contribution in [-0.4, -0.2) is 44.1 Å². The number of hydrogen-bond acceptors (Lipinski definition) is 5. The summed E-state index contributed by atoms with van der Waals surface area (Å²) in [4.78, 5) is 11.9. The van der Waals surface area contributed by atoms with Gasteiger partial charge in [0.2, 0.25) is 10.0 Å². The molecule has 0 spiro atoms. The molecule has 27 heavy (non-hydrogen) atoms. The van der Waals surface area contributed by atoms with Gasteiger partial charge in [-0.25, -0.2) is 8.42 Å².